The summed E-state index contributed by atoms with van der Waals surface area (Å²) >= 11 is 0. The van der Waals surface area contributed by atoms with Crippen molar-refractivity contribution in [1.29, 1.82) is 0 Å². The molecule has 0 unspecified atom stereocenters. The van der Waals surface area contributed by atoms with Crippen LogP contribution < -0.4 is 10.6 Å². The summed E-state index contributed by atoms with van der Waals surface area (Å²) in [4.78, 5) is 16.7. The molecule has 0 bridgehead atoms. The van der Waals surface area contributed by atoms with Crippen molar-refractivity contribution in [1.82, 2.24) is 19.9 Å². The van der Waals surface area contributed by atoms with Gasteiger partial charge in [-0.15, -0.1) is 0 Å². The van der Waals surface area contributed by atoms with Gasteiger partial charge < -0.3 is 10.6 Å². The van der Waals surface area contributed by atoms with Gasteiger partial charge in [-0.05, 0) is 13.0 Å². The number of nitrogens with one attached hydrogen (secondary N) is 2. The first-order valence-electron chi connectivity index (χ1n) is 5.30. The summed E-state index contributed by atoms with van der Waals surface area (Å²) < 4.78 is 0. The molecule has 2 rings (SSSR count). The SMILES string of the molecule is CNc1nccc(NCc2cnc(C)cn2)n1. The highest BCUT2D eigenvalue weighted by atomic mass is 15.1. The van der Waals surface area contributed by atoms with Crippen LogP contribution in [-0.4, -0.2) is 27.0 Å². The zero-order valence-corrected chi connectivity index (χ0v) is 9.81. The van der Waals surface area contributed by atoms with Crippen molar-refractivity contribution in [3.63, 3.8) is 0 Å². The van der Waals surface area contributed by atoms with Gasteiger partial charge in [-0.3, -0.25) is 9.97 Å². The molecule has 0 aliphatic carbocycles. The van der Waals surface area contributed by atoms with Crippen molar-refractivity contribution >= 4 is 11.8 Å². The Morgan fingerprint density at radius 1 is 1.18 bits per heavy atom. The Balaban J connectivity index is 1.99. The van der Waals surface area contributed by atoms with E-state index in [1.165, 1.54) is 0 Å². The monoisotopic (exact) mass is 230 g/mol. The molecule has 0 fully saturated rings. The smallest absolute Gasteiger partial charge is 0.224 e. The normalized spacial score (nSPS) is 10.0. The fourth-order valence-electron chi connectivity index (χ4n) is 1.27. The first kappa shape index (κ1) is 11.3. The van der Waals surface area contributed by atoms with Crippen LogP contribution >= 0.6 is 0 Å². The first-order valence-corrected chi connectivity index (χ1v) is 5.30. The lowest BCUT2D eigenvalue weighted by atomic mass is 10.4. The molecule has 0 saturated carbocycles. The largest absolute Gasteiger partial charge is 0.364 e. The van der Waals surface area contributed by atoms with E-state index in [9.17, 15) is 0 Å². The van der Waals surface area contributed by atoms with Gasteiger partial charge >= 0.3 is 0 Å². The second-order valence-electron chi connectivity index (χ2n) is 3.52. The van der Waals surface area contributed by atoms with Gasteiger partial charge in [0.15, 0.2) is 0 Å². The topological polar surface area (TPSA) is 75.6 Å². The van der Waals surface area contributed by atoms with Gasteiger partial charge in [0.2, 0.25) is 5.95 Å². The maximum Gasteiger partial charge on any atom is 0.224 e. The van der Waals surface area contributed by atoms with Gasteiger partial charge in [0.25, 0.3) is 0 Å². The average molecular weight is 230 g/mol. The molecule has 88 valence electrons. The van der Waals surface area contributed by atoms with Crippen LogP contribution in [-0.2, 0) is 6.54 Å². The Morgan fingerprint density at radius 2 is 2.06 bits per heavy atom. The molecule has 0 amide bonds. The molecule has 2 aromatic heterocycles. The second-order valence-corrected chi connectivity index (χ2v) is 3.52. The number of anilines is 2. The Kier molecular flexibility index (Phi) is 3.44. The highest BCUT2D eigenvalue weighted by Crippen LogP contribution is 2.06. The third kappa shape index (κ3) is 3.10. The molecule has 2 aromatic rings. The molecule has 6 nitrogen and oxygen atoms in total. The lowest BCUT2D eigenvalue weighted by Crippen LogP contribution is -2.05. The van der Waals surface area contributed by atoms with Crippen LogP contribution in [0.15, 0.2) is 24.7 Å². The molecular weight excluding hydrogens is 216 g/mol. The van der Waals surface area contributed by atoms with Crippen LogP contribution in [0.3, 0.4) is 0 Å². The van der Waals surface area contributed by atoms with Crippen LogP contribution in [0.25, 0.3) is 0 Å². The highest BCUT2D eigenvalue weighted by molar-refractivity contribution is 5.39. The van der Waals surface area contributed by atoms with E-state index < -0.39 is 0 Å². The number of hydrogen-bond donors (Lipinski definition) is 2. The molecule has 0 radical (unpaired) electrons. The fourth-order valence-corrected chi connectivity index (χ4v) is 1.27. The third-order valence-corrected chi connectivity index (χ3v) is 2.16. The quantitative estimate of drug-likeness (QED) is 0.822. The fraction of sp³-hybridized carbons (Fsp3) is 0.273. The predicted octanol–water partition coefficient (Wildman–Crippen LogP) is 1.23. The van der Waals surface area contributed by atoms with E-state index in [2.05, 4.69) is 30.6 Å². The average Bonchev–Trinajstić information content (AvgIpc) is 2.38. The molecule has 0 aliphatic heterocycles. The minimum absolute atomic E-state index is 0.588. The summed E-state index contributed by atoms with van der Waals surface area (Å²) in [6.45, 7) is 2.50. The molecule has 17 heavy (non-hydrogen) atoms. The van der Waals surface area contributed by atoms with Gasteiger partial charge in [-0.1, -0.05) is 0 Å². The molecule has 0 aromatic carbocycles. The zero-order chi connectivity index (χ0) is 12.1. The molecule has 6 heteroatoms. The van der Waals surface area contributed by atoms with Crippen molar-refractivity contribution in [2.45, 2.75) is 13.5 Å². The Morgan fingerprint density at radius 3 is 2.76 bits per heavy atom. The lowest BCUT2D eigenvalue weighted by Gasteiger charge is -2.06. The van der Waals surface area contributed by atoms with Gasteiger partial charge in [-0.25, -0.2) is 4.98 Å². The summed E-state index contributed by atoms with van der Waals surface area (Å²) in [5, 5.41) is 6.04. The predicted molar refractivity (Wildman–Crippen MR) is 65.7 cm³/mol. The summed E-state index contributed by atoms with van der Waals surface area (Å²) in [6.07, 6.45) is 5.19. The Bertz CT molecular complexity index is 482. The number of aryl methyl sites for hydroxylation is 1. The van der Waals surface area contributed by atoms with Crippen molar-refractivity contribution in [2.75, 3.05) is 17.7 Å². The minimum Gasteiger partial charge on any atom is -0.364 e. The molecular formula is C11H14N6. The molecule has 0 atom stereocenters. The van der Waals surface area contributed by atoms with Crippen LogP contribution in [0, 0.1) is 6.92 Å². The maximum atomic E-state index is 4.25. The number of aromatic nitrogens is 4. The summed E-state index contributed by atoms with van der Waals surface area (Å²) in [5.41, 5.74) is 1.79. The summed E-state index contributed by atoms with van der Waals surface area (Å²) in [6, 6.07) is 1.81. The van der Waals surface area contributed by atoms with Crippen molar-refractivity contribution < 1.29 is 0 Å². The Labute approximate surface area is 99.6 Å². The summed E-state index contributed by atoms with van der Waals surface area (Å²) in [7, 11) is 1.78. The van der Waals surface area contributed by atoms with Crippen molar-refractivity contribution in [3.05, 3.63) is 36.0 Å². The van der Waals surface area contributed by atoms with E-state index in [1.54, 1.807) is 25.6 Å². The van der Waals surface area contributed by atoms with Crippen molar-refractivity contribution in [3.8, 4) is 0 Å². The van der Waals surface area contributed by atoms with E-state index in [0.29, 0.717) is 12.5 Å². The Hall–Kier alpha value is -2.24. The zero-order valence-electron chi connectivity index (χ0n) is 9.81. The minimum atomic E-state index is 0.588. The van der Waals surface area contributed by atoms with Crippen LogP contribution in [0.2, 0.25) is 0 Å². The van der Waals surface area contributed by atoms with Crippen molar-refractivity contribution in [2.24, 2.45) is 0 Å². The first-order chi connectivity index (χ1) is 8.28. The van der Waals surface area contributed by atoms with Gasteiger partial charge in [0, 0.05) is 19.4 Å². The lowest BCUT2D eigenvalue weighted by molar-refractivity contribution is 0.973. The second kappa shape index (κ2) is 5.20. The van der Waals surface area contributed by atoms with Gasteiger partial charge in [0.05, 0.1) is 24.1 Å². The van der Waals surface area contributed by atoms with Crippen LogP contribution in [0.5, 0.6) is 0 Å². The molecule has 0 spiro atoms. The highest BCUT2D eigenvalue weighted by Gasteiger charge is 1.98. The molecule has 2 heterocycles. The molecule has 2 N–H and O–H groups in total. The van der Waals surface area contributed by atoms with E-state index in [4.69, 9.17) is 0 Å². The van der Waals surface area contributed by atoms with E-state index >= 15 is 0 Å². The van der Waals surface area contributed by atoms with Crippen LogP contribution in [0.1, 0.15) is 11.4 Å². The molecule has 0 aliphatic rings. The van der Waals surface area contributed by atoms with E-state index in [1.807, 2.05) is 13.0 Å². The standard InChI is InChI=1S/C11H14N6/c1-8-5-15-9(6-14-8)7-16-10-3-4-13-11(12-2)17-10/h3-6H,7H2,1-2H3,(H2,12,13,16,17). The van der Waals surface area contributed by atoms with Gasteiger partial charge in [-0.2, -0.15) is 4.98 Å². The number of rotatable bonds is 4. The number of hydrogen-bond acceptors (Lipinski definition) is 6. The third-order valence-electron chi connectivity index (χ3n) is 2.16. The van der Waals surface area contributed by atoms with Gasteiger partial charge in [0.1, 0.15) is 5.82 Å². The number of nitrogens with zero attached hydrogens (tertiary/aromatic N) is 4. The van der Waals surface area contributed by atoms with Crippen LogP contribution in [0.4, 0.5) is 11.8 Å². The summed E-state index contributed by atoms with van der Waals surface area (Å²) in [5.74, 6) is 1.34. The van der Waals surface area contributed by atoms with E-state index in [-0.39, 0.29) is 0 Å². The maximum absolute atomic E-state index is 4.25. The van der Waals surface area contributed by atoms with E-state index in [0.717, 1.165) is 17.2 Å². The molecule has 0 saturated heterocycles.